The molecule has 1 aliphatic heterocycles. The fourth-order valence-corrected chi connectivity index (χ4v) is 3.43. The van der Waals surface area contributed by atoms with E-state index in [4.69, 9.17) is 9.47 Å². The van der Waals surface area contributed by atoms with E-state index < -0.39 is 6.10 Å². The highest BCUT2D eigenvalue weighted by Crippen LogP contribution is 2.40. The molecule has 0 radical (unpaired) electrons. The van der Waals surface area contributed by atoms with Gasteiger partial charge in [-0.2, -0.15) is 0 Å². The smallest absolute Gasteiger partial charge is 0.196 e. The van der Waals surface area contributed by atoms with E-state index in [2.05, 4.69) is 15.9 Å². The second kappa shape index (κ2) is 7.52. The van der Waals surface area contributed by atoms with Gasteiger partial charge in [-0.25, -0.2) is 0 Å². The van der Waals surface area contributed by atoms with Gasteiger partial charge >= 0.3 is 0 Å². The maximum atomic E-state index is 13.3. The molecule has 0 amide bonds. The Labute approximate surface area is 171 Å². The minimum absolute atomic E-state index is 0.0292. The number of phenolic OH excluding ortho intramolecular Hbond substituents is 1. The van der Waals surface area contributed by atoms with Crippen molar-refractivity contribution in [3.05, 3.63) is 93.5 Å². The highest BCUT2D eigenvalue weighted by atomic mass is 79.9. The van der Waals surface area contributed by atoms with E-state index in [0.717, 1.165) is 21.3 Å². The molecule has 1 heterocycles. The van der Waals surface area contributed by atoms with Gasteiger partial charge in [-0.3, -0.25) is 4.79 Å². The number of benzene rings is 3. The van der Waals surface area contributed by atoms with E-state index in [0.29, 0.717) is 16.9 Å². The standard InChI is InChI=1S/C23H17BrO4/c1-27-18-9-4-15(5-10-18)23-20(12-14-2-6-16(24)7-3-14)22(26)19-13-17(25)8-11-21(19)28-23/h2-13,23,25H,1H3. The molecule has 0 bridgehead atoms. The Kier molecular flexibility index (Phi) is 4.92. The topological polar surface area (TPSA) is 55.8 Å². The van der Waals surface area contributed by atoms with Crippen LogP contribution in [0.2, 0.25) is 0 Å². The minimum Gasteiger partial charge on any atom is -0.508 e. The first-order valence-corrected chi connectivity index (χ1v) is 9.50. The predicted molar refractivity (Wildman–Crippen MR) is 111 cm³/mol. The first-order valence-electron chi connectivity index (χ1n) is 8.70. The van der Waals surface area contributed by atoms with Crippen LogP contribution in [-0.2, 0) is 0 Å². The van der Waals surface area contributed by atoms with Gasteiger partial charge in [-0.05, 0) is 59.7 Å². The Bertz CT molecular complexity index is 1050. The summed E-state index contributed by atoms with van der Waals surface area (Å²) >= 11 is 3.42. The molecular weight excluding hydrogens is 420 g/mol. The van der Waals surface area contributed by atoms with E-state index in [1.54, 1.807) is 13.2 Å². The molecule has 28 heavy (non-hydrogen) atoms. The number of carbonyl (C=O) groups excluding carboxylic acids is 1. The monoisotopic (exact) mass is 436 g/mol. The maximum absolute atomic E-state index is 13.3. The Balaban J connectivity index is 1.83. The third-order valence-electron chi connectivity index (χ3n) is 4.61. The van der Waals surface area contributed by atoms with Gasteiger partial charge in [0.05, 0.1) is 12.7 Å². The first-order chi connectivity index (χ1) is 13.5. The molecule has 1 atom stereocenters. The summed E-state index contributed by atoms with van der Waals surface area (Å²) in [5.74, 6) is 1.05. The van der Waals surface area contributed by atoms with Crippen molar-refractivity contribution < 1.29 is 19.4 Å². The van der Waals surface area contributed by atoms with Crippen molar-refractivity contribution in [3.63, 3.8) is 0 Å². The lowest BCUT2D eigenvalue weighted by Crippen LogP contribution is -2.23. The number of methoxy groups -OCH3 is 1. The molecule has 0 spiro atoms. The van der Waals surface area contributed by atoms with Gasteiger partial charge in [0, 0.05) is 10.0 Å². The van der Waals surface area contributed by atoms with E-state index in [1.165, 1.54) is 12.1 Å². The average Bonchev–Trinajstić information content (AvgIpc) is 2.72. The second-order valence-electron chi connectivity index (χ2n) is 6.43. The number of halogens is 1. The zero-order chi connectivity index (χ0) is 19.7. The fraction of sp³-hybridized carbons (Fsp3) is 0.0870. The summed E-state index contributed by atoms with van der Waals surface area (Å²) in [6, 6.07) is 19.7. The second-order valence-corrected chi connectivity index (χ2v) is 7.35. The van der Waals surface area contributed by atoms with Crippen molar-refractivity contribution in [2.45, 2.75) is 6.10 Å². The summed E-state index contributed by atoms with van der Waals surface area (Å²) in [5, 5.41) is 9.81. The zero-order valence-electron chi connectivity index (χ0n) is 15.1. The van der Waals surface area contributed by atoms with Crippen molar-refractivity contribution in [2.75, 3.05) is 7.11 Å². The molecule has 140 valence electrons. The molecule has 4 rings (SSSR count). The maximum Gasteiger partial charge on any atom is 0.196 e. The molecule has 0 aromatic heterocycles. The van der Waals surface area contributed by atoms with Gasteiger partial charge in [0.1, 0.15) is 17.2 Å². The lowest BCUT2D eigenvalue weighted by atomic mass is 9.89. The Hall–Kier alpha value is -3.05. The fourth-order valence-electron chi connectivity index (χ4n) is 3.17. The number of fused-ring (bicyclic) bond motifs is 1. The Morgan fingerprint density at radius 2 is 1.75 bits per heavy atom. The van der Waals surface area contributed by atoms with Crippen LogP contribution < -0.4 is 9.47 Å². The highest BCUT2D eigenvalue weighted by molar-refractivity contribution is 9.10. The molecule has 4 nitrogen and oxygen atoms in total. The highest BCUT2D eigenvalue weighted by Gasteiger charge is 2.33. The molecule has 1 N–H and O–H groups in total. The van der Waals surface area contributed by atoms with Gasteiger partial charge in [0.15, 0.2) is 11.9 Å². The minimum atomic E-state index is -0.556. The van der Waals surface area contributed by atoms with Gasteiger partial charge in [-0.1, -0.05) is 40.2 Å². The molecule has 3 aromatic rings. The number of ketones is 1. The number of ether oxygens (including phenoxy) is 2. The summed E-state index contributed by atoms with van der Waals surface area (Å²) in [5.41, 5.74) is 2.59. The van der Waals surface area contributed by atoms with Crippen LogP contribution in [0.4, 0.5) is 0 Å². The zero-order valence-corrected chi connectivity index (χ0v) is 16.6. The summed E-state index contributed by atoms with van der Waals surface area (Å²) in [6.07, 6.45) is 1.27. The number of aromatic hydroxyl groups is 1. The number of carbonyl (C=O) groups is 1. The number of rotatable bonds is 3. The summed E-state index contributed by atoms with van der Waals surface area (Å²) in [7, 11) is 1.61. The van der Waals surface area contributed by atoms with Crippen molar-refractivity contribution in [3.8, 4) is 17.2 Å². The van der Waals surface area contributed by atoms with Crippen LogP contribution >= 0.6 is 15.9 Å². The van der Waals surface area contributed by atoms with Crippen LogP contribution in [0.15, 0.2) is 76.8 Å². The summed E-state index contributed by atoms with van der Waals surface area (Å²) in [6.45, 7) is 0. The van der Waals surface area contributed by atoms with Crippen LogP contribution in [0.1, 0.15) is 27.6 Å². The molecule has 0 saturated carbocycles. The molecular formula is C23H17BrO4. The summed E-state index contributed by atoms with van der Waals surface area (Å²) in [4.78, 5) is 13.3. The van der Waals surface area contributed by atoms with Crippen LogP contribution in [-0.4, -0.2) is 18.0 Å². The lowest BCUT2D eigenvalue weighted by Gasteiger charge is -2.28. The lowest BCUT2D eigenvalue weighted by molar-refractivity contribution is 0.0963. The molecule has 5 heteroatoms. The van der Waals surface area contributed by atoms with Gasteiger partial charge < -0.3 is 14.6 Å². The molecule has 0 aliphatic carbocycles. The van der Waals surface area contributed by atoms with Crippen molar-refractivity contribution in [1.82, 2.24) is 0 Å². The number of Topliss-reactive ketones (excluding diaryl/α,β-unsaturated/α-hetero) is 1. The third-order valence-corrected chi connectivity index (χ3v) is 5.14. The van der Waals surface area contributed by atoms with E-state index in [1.807, 2.05) is 54.6 Å². The average molecular weight is 437 g/mol. The van der Waals surface area contributed by atoms with Crippen LogP contribution in [0, 0.1) is 0 Å². The largest absolute Gasteiger partial charge is 0.508 e. The van der Waals surface area contributed by atoms with Crippen LogP contribution in [0.25, 0.3) is 6.08 Å². The van der Waals surface area contributed by atoms with Gasteiger partial charge in [-0.15, -0.1) is 0 Å². The number of hydrogen-bond acceptors (Lipinski definition) is 4. The molecule has 1 aliphatic rings. The van der Waals surface area contributed by atoms with Crippen LogP contribution in [0.3, 0.4) is 0 Å². The summed E-state index contributed by atoms with van der Waals surface area (Å²) < 4.78 is 12.4. The molecule has 0 saturated heterocycles. The Morgan fingerprint density at radius 3 is 2.43 bits per heavy atom. The van der Waals surface area contributed by atoms with Crippen molar-refractivity contribution in [1.29, 1.82) is 0 Å². The Morgan fingerprint density at radius 1 is 1.04 bits per heavy atom. The van der Waals surface area contributed by atoms with Crippen molar-refractivity contribution >= 4 is 27.8 Å². The van der Waals surface area contributed by atoms with E-state index in [-0.39, 0.29) is 11.5 Å². The van der Waals surface area contributed by atoms with Crippen molar-refractivity contribution in [2.24, 2.45) is 0 Å². The number of hydrogen-bond donors (Lipinski definition) is 1. The third kappa shape index (κ3) is 3.53. The van der Waals surface area contributed by atoms with E-state index >= 15 is 0 Å². The first kappa shape index (κ1) is 18.3. The normalized spacial score (nSPS) is 17.1. The van der Waals surface area contributed by atoms with Gasteiger partial charge in [0.2, 0.25) is 0 Å². The SMILES string of the molecule is COc1ccc(C2Oc3ccc(O)cc3C(=O)C2=Cc2ccc(Br)cc2)cc1. The molecule has 1 unspecified atom stereocenters. The predicted octanol–water partition coefficient (Wildman–Crippen LogP) is 5.56. The van der Waals surface area contributed by atoms with Crippen LogP contribution in [0.5, 0.6) is 17.2 Å². The molecule has 0 fully saturated rings. The van der Waals surface area contributed by atoms with E-state index in [9.17, 15) is 9.90 Å². The number of phenols is 1. The quantitative estimate of drug-likeness (QED) is 0.545. The van der Waals surface area contributed by atoms with Gasteiger partial charge in [0.25, 0.3) is 0 Å². The molecule has 3 aromatic carbocycles.